The van der Waals surface area contributed by atoms with Crippen LogP contribution in [0.15, 0.2) is 18.2 Å². The molecule has 148 valence electrons. The molecule has 0 aliphatic heterocycles. The number of aromatic nitrogens is 1. The Labute approximate surface area is 166 Å². The summed E-state index contributed by atoms with van der Waals surface area (Å²) < 4.78 is 28.0. The van der Waals surface area contributed by atoms with Gasteiger partial charge in [-0.1, -0.05) is 20.8 Å². The van der Waals surface area contributed by atoms with Crippen molar-refractivity contribution in [2.24, 2.45) is 5.92 Å². The van der Waals surface area contributed by atoms with E-state index in [1.807, 2.05) is 6.92 Å². The van der Waals surface area contributed by atoms with Gasteiger partial charge in [-0.2, -0.15) is 5.26 Å². The van der Waals surface area contributed by atoms with Crippen molar-refractivity contribution in [2.75, 3.05) is 18.0 Å². The highest BCUT2D eigenvalue weighted by Crippen LogP contribution is 2.47. The maximum absolute atomic E-state index is 14.6. The van der Waals surface area contributed by atoms with E-state index < -0.39 is 11.6 Å². The Morgan fingerprint density at radius 2 is 2.00 bits per heavy atom. The van der Waals surface area contributed by atoms with Crippen LogP contribution in [0.3, 0.4) is 0 Å². The average Bonchev–Trinajstić information content (AvgIpc) is 3.46. The third-order valence-corrected chi connectivity index (χ3v) is 5.11. The van der Waals surface area contributed by atoms with Crippen molar-refractivity contribution in [3.63, 3.8) is 0 Å². The monoisotopic (exact) mass is 383 g/mol. The topological polar surface area (TPSA) is 39.9 Å². The second-order valence-corrected chi connectivity index (χ2v) is 8.05. The van der Waals surface area contributed by atoms with E-state index in [4.69, 9.17) is 4.98 Å². The van der Waals surface area contributed by atoms with Gasteiger partial charge in [-0.25, -0.2) is 13.8 Å². The van der Waals surface area contributed by atoms with Gasteiger partial charge in [-0.05, 0) is 49.8 Å². The van der Waals surface area contributed by atoms with E-state index in [-0.39, 0.29) is 5.92 Å². The molecule has 1 aliphatic rings. The molecule has 3 rings (SSSR count). The Balaban J connectivity index is 2.24. The fraction of sp³-hybridized carbons (Fsp3) is 0.478. The van der Waals surface area contributed by atoms with Crippen LogP contribution in [-0.2, 0) is 0 Å². The molecule has 0 bridgehead atoms. The molecule has 0 atom stereocenters. The molecule has 1 heterocycles. The minimum Gasteiger partial charge on any atom is -0.355 e. The molecular weight excluding hydrogens is 356 g/mol. The third-order valence-electron chi connectivity index (χ3n) is 5.11. The second-order valence-electron chi connectivity index (χ2n) is 8.05. The van der Waals surface area contributed by atoms with Crippen molar-refractivity contribution >= 4 is 5.82 Å². The molecule has 1 fully saturated rings. The van der Waals surface area contributed by atoms with Gasteiger partial charge in [0.15, 0.2) is 0 Å². The van der Waals surface area contributed by atoms with E-state index in [0.717, 1.165) is 49.7 Å². The summed E-state index contributed by atoms with van der Waals surface area (Å²) in [6.45, 7) is 9.87. The van der Waals surface area contributed by atoms with Crippen molar-refractivity contribution in [3.8, 4) is 17.2 Å². The number of halogens is 2. The smallest absolute Gasteiger partial charge is 0.147 e. The number of hydrogen-bond acceptors (Lipinski definition) is 3. The maximum atomic E-state index is 14.6. The molecule has 2 aromatic rings. The fourth-order valence-electron chi connectivity index (χ4n) is 3.75. The summed E-state index contributed by atoms with van der Waals surface area (Å²) in [5.74, 6) is 0.175. The first kappa shape index (κ1) is 20.3. The lowest BCUT2D eigenvalue weighted by Gasteiger charge is -2.28. The number of pyridine rings is 1. The molecule has 0 saturated heterocycles. The molecule has 3 nitrogen and oxygen atoms in total. The first-order valence-electron chi connectivity index (χ1n) is 10.0. The van der Waals surface area contributed by atoms with E-state index in [1.165, 1.54) is 12.1 Å². The van der Waals surface area contributed by atoms with Crippen molar-refractivity contribution in [1.29, 1.82) is 5.26 Å². The zero-order valence-electron chi connectivity index (χ0n) is 17.0. The Bertz CT molecular complexity index is 911. The summed E-state index contributed by atoms with van der Waals surface area (Å²) in [6.07, 6.45) is 2.96. The summed E-state index contributed by atoms with van der Waals surface area (Å²) >= 11 is 0. The molecule has 0 N–H and O–H groups in total. The SMILES string of the molecule is CCCN(CC(C)C)c1nc(C2CC2)c(-c2ccc(F)cc2F)c(C)c1C#N. The van der Waals surface area contributed by atoms with Gasteiger partial charge in [-0.3, -0.25) is 0 Å². The van der Waals surface area contributed by atoms with Crippen molar-refractivity contribution in [3.05, 3.63) is 46.7 Å². The van der Waals surface area contributed by atoms with Gasteiger partial charge in [0.2, 0.25) is 0 Å². The zero-order chi connectivity index (χ0) is 20.4. The molecule has 1 saturated carbocycles. The lowest BCUT2D eigenvalue weighted by Crippen LogP contribution is -2.30. The predicted molar refractivity (Wildman–Crippen MR) is 108 cm³/mol. The lowest BCUT2D eigenvalue weighted by molar-refractivity contribution is 0.585. The number of benzene rings is 1. The summed E-state index contributed by atoms with van der Waals surface area (Å²) in [7, 11) is 0. The minimum atomic E-state index is -0.615. The number of nitrogens with zero attached hydrogens (tertiary/aromatic N) is 3. The number of anilines is 1. The van der Waals surface area contributed by atoms with Gasteiger partial charge < -0.3 is 4.90 Å². The molecule has 0 unspecified atom stereocenters. The Hall–Kier alpha value is -2.48. The molecule has 1 aromatic carbocycles. The van der Waals surface area contributed by atoms with E-state index in [9.17, 15) is 14.0 Å². The van der Waals surface area contributed by atoms with Gasteiger partial charge in [0.05, 0.1) is 11.3 Å². The van der Waals surface area contributed by atoms with Gasteiger partial charge in [-0.15, -0.1) is 0 Å². The van der Waals surface area contributed by atoms with E-state index in [1.54, 1.807) is 0 Å². The van der Waals surface area contributed by atoms with Crippen LogP contribution in [0, 0.1) is 35.8 Å². The van der Waals surface area contributed by atoms with Crippen LogP contribution in [0.25, 0.3) is 11.1 Å². The maximum Gasteiger partial charge on any atom is 0.147 e. The van der Waals surface area contributed by atoms with Crippen LogP contribution in [-0.4, -0.2) is 18.1 Å². The zero-order valence-corrected chi connectivity index (χ0v) is 17.0. The number of hydrogen-bond donors (Lipinski definition) is 0. The molecule has 5 heteroatoms. The Morgan fingerprint density at radius 3 is 2.54 bits per heavy atom. The van der Waals surface area contributed by atoms with Gasteiger partial charge in [0, 0.05) is 36.2 Å². The first-order chi connectivity index (χ1) is 13.4. The number of nitriles is 1. The van der Waals surface area contributed by atoms with Crippen LogP contribution < -0.4 is 4.90 Å². The lowest BCUT2D eigenvalue weighted by atomic mass is 9.93. The summed E-state index contributed by atoms with van der Waals surface area (Å²) in [6, 6.07) is 5.92. The molecule has 1 aliphatic carbocycles. The molecule has 1 aromatic heterocycles. The van der Waals surface area contributed by atoms with E-state index >= 15 is 0 Å². The highest BCUT2D eigenvalue weighted by atomic mass is 19.1. The van der Waals surface area contributed by atoms with Gasteiger partial charge in [0.1, 0.15) is 23.5 Å². The van der Waals surface area contributed by atoms with Crippen LogP contribution in [0.5, 0.6) is 0 Å². The van der Waals surface area contributed by atoms with Crippen LogP contribution in [0.2, 0.25) is 0 Å². The quantitative estimate of drug-likeness (QED) is 0.592. The summed E-state index contributed by atoms with van der Waals surface area (Å²) in [5, 5.41) is 9.91. The summed E-state index contributed by atoms with van der Waals surface area (Å²) in [5.41, 5.74) is 3.02. The van der Waals surface area contributed by atoms with Crippen LogP contribution in [0.4, 0.5) is 14.6 Å². The molecule has 0 spiro atoms. The minimum absolute atomic E-state index is 0.271. The van der Waals surface area contributed by atoms with Crippen molar-refractivity contribution in [2.45, 2.75) is 52.9 Å². The van der Waals surface area contributed by atoms with Crippen molar-refractivity contribution in [1.82, 2.24) is 4.98 Å². The van der Waals surface area contributed by atoms with E-state index in [2.05, 4.69) is 31.7 Å². The Kier molecular flexibility index (Phi) is 5.98. The second kappa shape index (κ2) is 8.26. The van der Waals surface area contributed by atoms with Crippen LogP contribution >= 0.6 is 0 Å². The highest BCUT2D eigenvalue weighted by molar-refractivity contribution is 5.77. The predicted octanol–water partition coefficient (Wildman–Crippen LogP) is 5.96. The fourth-order valence-corrected chi connectivity index (χ4v) is 3.75. The molecular formula is C23H27F2N3. The van der Waals surface area contributed by atoms with Gasteiger partial charge >= 0.3 is 0 Å². The Morgan fingerprint density at radius 1 is 1.29 bits per heavy atom. The number of rotatable bonds is 7. The van der Waals surface area contributed by atoms with Crippen LogP contribution in [0.1, 0.15) is 62.8 Å². The van der Waals surface area contributed by atoms with E-state index in [0.29, 0.717) is 28.4 Å². The third kappa shape index (κ3) is 4.01. The van der Waals surface area contributed by atoms with Crippen molar-refractivity contribution < 1.29 is 8.78 Å². The normalized spacial score (nSPS) is 13.6. The molecule has 0 amide bonds. The largest absolute Gasteiger partial charge is 0.355 e. The standard InChI is InChI=1S/C23H27F2N3/c1-5-10-28(13-14(2)3)23-19(12-26)15(4)21(22(27-23)16-6-7-16)18-9-8-17(24)11-20(18)25/h8-9,11,14,16H,5-7,10,13H2,1-4H3. The summed E-state index contributed by atoms with van der Waals surface area (Å²) in [4.78, 5) is 7.09. The first-order valence-corrected chi connectivity index (χ1v) is 10.0. The average molecular weight is 383 g/mol. The molecule has 28 heavy (non-hydrogen) atoms. The van der Waals surface area contributed by atoms with Gasteiger partial charge in [0.25, 0.3) is 0 Å². The molecule has 0 radical (unpaired) electrons. The highest BCUT2D eigenvalue weighted by Gasteiger charge is 2.32.